The van der Waals surface area contributed by atoms with E-state index in [1.54, 1.807) is 18.2 Å². The van der Waals surface area contributed by atoms with Gasteiger partial charge in [0.15, 0.2) is 9.84 Å². The van der Waals surface area contributed by atoms with Crippen LogP contribution in [-0.4, -0.2) is 58.1 Å². The van der Waals surface area contributed by atoms with Crippen molar-refractivity contribution in [2.75, 3.05) is 18.1 Å². The second kappa shape index (κ2) is 7.77. The van der Waals surface area contributed by atoms with Gasteiger partial charge in [0.25, 0.3) is 5.91 Å². The third kappa shape index (κ3) is 3.97. The molecule has 1 unspecified atom stereocenters. The lowest BCUT2D eigenvalue weighted by Gasteiger charge is -2.25. The number of amides is 1. The molecule has 1 amide bonds. The quantitative estimate of drug-likeness (QED) is 0.727. The Balaban J connectivity index is 1.98. The van der Waals surface area contributed by atoms with Crippen LogP contribution in [0.25, 0.3) is 5.69 Å². The van der Waals surface area contributed by atoms with Gasteiger partial charge in [-0.15, -0.1) is 5.10 Å². The highest BCUT2D eigenvalue weighted by molar-refractivity contribution is 7.91. The number of para-hydroxylation sites is 1. The molecule has 146 valence electrons. The second-order valence-electron chi connectivity index (χ2n) is 6.34. The first-order valence-electron chi connectivity index (χ1n) is 8.69. The smallest absolute Gasteiger partial charge is 0.293 e. The van der Waals surface area contributed by atoms with Crippen molar-refractivity contribution in [3.8, 4) is 5.69 Å². The Morgan fingerprint density at radius 3 is 2.48 bits per heavy atom. The molecule has 1 atom stereocenters. The Labute approximate surface area is 168 Å². The highest BCUT2D eigenvalue weighted by Crippen LogP contribution is 2.29. The van der Waals surface area contributed by atoms with Crippen LogP contribution in [0.3, 0.4) is 0 Å². The van der Waals surface area contributed by atoms with Crippen molar-refractivity contribution in [3.63, 3.8) is 0 Å². The molecule has 0 radical (unpaired) electrons. The van der Waals surface area contributed by atoms with E-state index in [1.165, 1.54) is 9.58 Å². The molecule has 1 aliphatic rings. The van der Waals surface area contributed by atoms with E-state index >= 15 is 0 Å². The Morgan fingerprint density at radius 1 is 1.30 bits per heavy atom. The molecule has 1 saturated heterocycles. The third-order valence-electron chi connectivity index (χ3n) is 4.58. The van der Waals surface area contributed by atoms with E-state index in [0.29, 0.717) is 40.9 Å². The van der Waals surface area contributed by atoms with Crippen LogP contribution < -0.4 is 0 Å². The van der Waals surface area contributed by atoms with Gasteiger partial charge in [-0.3, -0.25) is 4.79 Å². The molecule has 7 nitrogen and oxygen atoms in total. The first-order chi connectivity index (χ1) is 12.8. The molecule has 3 rings (SSSR count). The van der Waals surface area contributed by atoms with Crippen molar-refractivity contribution >= 4 is 38.9 Å². The Kier molecular flexibility index (Phi) is 5.79. The maximum absolute atomic E-state index is 13.0. The van der Waals surface area contributed by atoms with E-state index in [0.717, 1.165) is 0 Å². The van der Waals surface area contributed by atoms with Gasteiger partial charge in [0.05, 0.1) is 21.6 Å². The maximum atomic E-state index is 13.0. The Hall–Kier alpha value is -1.64. The molecule has 10 heteroatoms. The molecule has 0 aliphatic carbocycles. The first kappa shape index (κ1) is 20.1. The topological polar surface area (TPSA) is 85.2 Å². The van der Waals surface area contributed by atoms with Crippen LogP contribution in [0.2, 0.25) is 10.0 Å². The van der Waals surface area contributed by atoms with E-state index in [2.05, 4.69) is 10.1 Å². The molecule has 1 aromatic carbocycles. The fraction of sp³-hybridized carbons (Fsp3) is 0.471. The average molecular weight is 431 g/mol. The Bertz CT molecular complexity index is 954. The molecule has 27 heavy (non-hydrogen) atoms. The molecule has 1 aromatic heterocycles. The monoisotopic (exact) mass is 430 g/mol. The van der Waals surface area contributed by atoms with E-state index in [-0.39, 0.29) is 23.4 Å². The van der Waals surface area contributed by atoms with Crippen LogP contribution in [0.5, 0.6) is 0 Å². The highest BCUT2D eigenvalue weighted by atomic mass is 35.5. The summed E-state index contributed by atoms with van der Waals surface area (Å²) < 4.78 is 25.0. The fourth-order valence-corrected chi connectivity index (χ4v) is 5.54. The van der Waals surface area contributed by atoms with Gasteiger partial charge in [0.1, 0.15) is 11.5 Å². The number of halogens is 2. The van der Waals surface area contributed by atoms with Gasteiger partial charge in [-0.2, -0.15) is 0 Å². The minimum atomic E-state index is -3.10. The summed E-state index contributed by atoms with van der Waals surface area (Å²) >= 11 is 12.5. The van der Waals surface area contributed by atoms with Gasteiger partial charge in [-0.1, -0.05) is 36.2 Å². The number of hydrogen-bond acceptors (Lipinski definition) is 5. The summed E-state index contributed by atoms with van der Waals surface area (Å²) in [5, 5.41) is 5.14. The van der Waals surface area contributed by atoms with E-state index in [1.807, 2.05) is 13.8 Å². The van der Waals surface area contributed by atoms with Crippen molar-refractivity contribution in [2.45, 2.75) is 32.7 Å². The second-order valence-corrected chi connectivity index (χ2v) is 9.38. The number of carbonyl (C=O) groups is 1. The summed E-state index contributed by atoms with van der Waals surface area (Å²) in [6.07, 6.45) is 0.950. The predicted octanol–water partition coefficient (Wildman–Crippen LogP) is 2.79. The largest absolute Gasteiger partial charge is 0.332 e. The normalized spacial score (nSPS) is 18.6. The molecule has 0 saturated carbocycles. The zero-order chi connectivity index (χ0) is 19.8. The van der Waals surface area contributed by atoms with Gasteiger partial charge >= 0.3 is 0 Å². The number of aryl methyl sites for hydroxylation is 1. The molecule has 2 heterocycles. The number of benzene rings is 1. The van der Waals surface area contributed by atoms with Crippen LogP contribution in [0.4, 0.5) is 0 Å². The molecule has 1 aliphatic heterocycles. The van der Waals surface area contributed by atoms with Crippen molar-refractivity contribution < 1.29 is 13.2 Å². The van der Waals surface area contributed by atoms with Crippen LogP contribution in [0, 0.1) is 0 Å². The molecular weight excluding hydrogens is 411 g/mol. The van der Waals surface area contributed by atoms with Gasteiger partial charge in [0.2, 0.25) is 5.82 Å². The van der Waals surface area contributed by atoms with Crippen LogP contribution >= 0.6 is 23.2 Å². The minimum absolute atomic E-state index is 0.00832. The standard InChI is InChI=1S/C17H20Cl2N4O3S/c1-3-14-20-16(21-23(14)15-12(18)6-5-7-13(15)19)17(24)22(4-2)11-8-9-27(25,26)10-11/h5-7,11H,3-4,8-10H2,1-2H3. The van der Waals surface area contributed by atoms with E-state index in [4.69, 9.17) is 23.2 Å². The Morgan fingerprint density at radius 2 is 1.96 bits per heavy atom. The fourth-order valence-electron chi connectivity index (χ4n) is 3.25. The number of hydrogen-bond donors (Lipinski definition) is 0. The van der Waals surface area contributed by atoms with Crippen molar-refractivity contribution in [1.82, 2.24) is 19.7 Å². The van der Waals surface area contributed by atoms with Crippen molar-refractivity contribution in [1.29, 1.82) is 0 Å². The SMILES string of the molecule is CCc1nc(C(=O)N(CC)C2CCS(=O)(=O)C2)nn1-c1c(Cl)cccc1Cl. The number of aromatic nitrogens is 3. The highest BCUT2D eigenvalue weighted by Gasteiger charge is 2.35. The average Bonchev–Trinajstić information content (AvgIpc) is 3.19. The number of carbonyl (C=O) groups excluding carboxylic acids is 1. The van der Waals surface area contributed by atoms with E-state index in [9.17, 15) is 13.2 Å². The van der Waals surface area contributed by atoms with Gasteiger partial charge in [-0.05, 0) is 25.5 Å². The number of nitrogens with zero attached hydrogens (tertiary/aromatic N) is 4. The van der Waals surface area contributed by atoms with Gasteiger partial charge in [-0.25, -0.2) is 18.1 Å². The summed E-state index contributed by atoms with van der Waals surface area (Å²) in [4.78, 5) is 18.9. The summed E-state index contributed by atoms with van der Waals surface area (Å²) in [6, 6.07) is 4.75. The zero-order valence-electron chi connectivity index (χ0n) is 15.0. The molecule has 1 fully saturated rings. The number of rotatable bonds is 5. The molecule has 0 bridgehead atoms. The van der Waals surface area contributed by atoms with Crippen molar-refractivity contribution in [3.05, 3.63) is 39.9 Å². The maximum Gasteiger partial charge on any atom is 0.293 e. The molecule has 0 spiro atoms. The minimum Gasteiger partial charge on any atom is -0.332 e. The van der Waals surface area contributed by atoms with Crippen molar-refractivity contribution in [2.24, 2.45) is 0 Å². The lowest BCUT2D eigenvalue weighted by molar-refractivity contribution is 0.0696. The van der Waals surface area contributed by atoms with Crippen LogP contribution in [0.15, 0.2) is 18.2 Å². The molecule has 0 N–H and O–H groups in total. The van der Waals surface area contributed by atoms with Crippen LogP contribution in [0.1, 0.15) is 36.7 Å². The summed E-state index contributed by atoms with van der Waals surface area (Å²) in [5.74, 6) is 0.233. The summed E-state index contributed by atoms with van der Waals surface area (Å²) in [5.41, 5.74) is 0.468. The van der Waals surface area contributed by atoms with Gasteiger partial charge in [0, 0.05) is 19.0 Å². The molecular formula is C17H20Cl2N4O3S. The third-order valence-corrected chi connectivity index (χ3v) is 6.94. The predicted molar refractivity (Wildman–Crippen MR) is 105 cm³/mol. The van der Waals surface area contributed by atoms with Gasteiger partial charge < -0.3 is 4.90 Å². The number of sulfone groups is 1. The summed E-state index contributed by atoms with van der Waals surface area (Å²) in [6.45, 7) is 4.08. The summed E-state index contributed by atoms with van der Waals surface area (Å²) in [7, 11) is -3.10. The lowest BCUT2D eigenvalue weighted by atomic mass is 10.2. The first-order valence-corrected chi connectivity index (χ1v) is 11.3. The lowest BCUT2D eigenvalue weighted by Crippen LogP contribution is -2.41. The van der Waals surface area contributed by atoms with Crippen LogP contribution in [-0.2, 0) is 16.3 Å². The van der Waals surface area contributed by atoms with E-state index < -0.39 is 15.7 Å². The molecule has 2 aromatic rings. The zero-order valence-corrected chi connectivity index (χ0v) is 17.4.